The van der Waals surface area contributed by atoms with Crippen LogP contribution in [0.1, 0.15) is 56.5 Å². The predicted octanol–water partition coefficient (Wildman–Crippen LogP) is 3.25. The topological polar surface area (TPSA) is 56.1 Å². The van der Waals surface area contributed by atoms with Gasteiger partial charge in [-0.3, -0.25) is 4.79 Å². The number of carbonyl (C=O) groups excluding carboxylic acids is 1. The second-order valence-corrected chi connectivity index (χ2v) is 7.38. The van der Waals surface area contributed by atoms with Crippen molar-refractivity contribution in [1.29, 1.82) is 0 Å². The fraction of sp³-hybridized carbons (Fsp3) is 0.765. The molecule has 1 aromatic rings. The van der Waals surface area contributed by atoms with Gasteiger partial charge in [-0.2, -0.15) is 0 Å². The van der Waals surface area contributed by atoms with Crippen molar-refractivity contribution in [3.63, 3.8) is 0 Å². The highest BCUT2D eigenvalue weighted by Crippen LogP contribution is 2.34. The van der Waals surface area contributed by atoms with Crippen molar-refractivity contribution in [2.75, 3.05) is 19.5 Å². The summed E-state index contributed by atoms with van der Waals surface area (Å²) in [6, 6.07) is 0.581. The van der Waals surface area contributed by atoms with E-state index in [1.807, 2.05) is 6.92 Å². The number of thioether (sulfide) groups is 1. The number of imidazole rings is 1. The minimum Gasteiger partial charge on any atom is -0.383 e. The number of hydrogen-bond donors (Lipinski definition) is 1. The molecule has 0 spiro atoms. The fourth-order valence-corrected chi connectivity index (χ4v) is 4.18. The number of nitrogens with zero attached hydrogens (tertiary/aromatic N) is 2. The SMILES string of the molecule is COCC(C)NC(=O)CSc1nc(C)c(C)n1C1CCCCC1. The summed E-state index contributed by atoms with van der Waals surface area (Å²) in [5.74, 6) is 0.435. The first-order chi connectivity index (χ1) is 11.0. The number of nitrogens with one attached hydrogen (secondary N) is 1. The fourth-order valence-electron chi connectivity index (χ4n) is 3.21. The second-order valence-electron chi connectivity index (χ2n) is 6.44. The molecule has 1 unspecified atom stereocenters. The van der Waals surface area contributed by atoms with Crippen LogP contribution in [0.4, 0.5) is 0 Å². The van der Waals surface area contributed by atoms with Gasteiger partial charge >= 0.3 is 0 Å². The van der Waals surface area contributed by atoms with Gasteiger partial charge in [0.1, 0.15) is 0 Å². The van der Waals surface area contributed by atoms with Crippen LogP contribution in [0.5, 0.6) is 0 Å². The van der Waals surface area contributed by atoms with E-state index in [4.69, 9.17) is 9.72 Å². The third-order valence-corrected chi connectivity index (χ3v) is 5.40. The van der Waals surface area contributed by atoms with E-state index in [0.29, 0.717) is 18.4 Å². The maximum absolute atomic E-state index is 12.1. The number of aromatic nitrogens is 2. The van der Waals surface area contributed by atoms with Crippen LogP contribution in [0.2, 0.25) is 0 Å². The summed E-state index contributed by atoms with van der Waals surface area (Å²) in [5, 5.41) is 3.94. The summed E-state index contributed by atoms with van der Waals surface area (Å²) in [6.45, 7) is 6.68. The first-order valence-corrected chi connectivity index (χ1v) is 9.48. The molecule has 1 atom stereocenters. The molecule has 1 amide bonds. The zero-order chi connectivity index (χ0) is 16.8. The molecular formula is C17H29N3O2S. The summed E-state index contributed by atoms with van der Waals surface area (Å²) in [4.78, 5) is 16.8. The minimum atomic E-state index is 0.0352. The molecule has 0 aromatic carbocycles. The molecule has 0 aliphatic heterocycles. The Hall–Kier alpha value is -1.01. The number of ether oxygens (including phenoxy) is 1. The normalized spacial score (nSPS) is 17.2. The molecule has 6 heteroatoms. The molecule has 1 heterocycles. The predicted molar refractivity (Wildman–Crippen MR) is 94.0 cm³/mol. The van der Waals surface area contributed by atoms with Crippen LogP contribution in [0.25, 0.3) is 0 Å². The van der Waals surface area contributed by atoms with Gasteiger partial charge in [0.05, 0.1) is 18.1 Å². The quantitative estimate of drug-likeness (QED) is 0.775. The van der Waals surface area contributed by atoms with Gasteiger partial charge in [-0.05, 0) is 33.6 Å². The first-order valence-electron chi connectivity index (χ1n) is 8.49. The molecule has 0 saturated heterocycles. The summed E-state index contributed by atoms with van der Waals surface area (Å²) >= 11 is 1.54. The van der Waals surface area contributed by atoms with E-state index < -0.39 is 0 Å². The third kappa shape index (κ3) is 4.98. The first kappa shape index (κ1) is 18.3. The van der Waals surface area contributed by atoms with Gasteiger partial charge in [-0.1, -0.05) is 31.0 Å². The third-order valence-electron chi connectivity index (χ3n) is 4.45. The zero-order valence-corrected chi connectivity index (χ0v) is 15.5. The van der Waals surface area contributed by atoms with E-state index in [9.17, 15) is 4.79 Å². The molecule has 1 aliphatic carbocycles. The summed E-state index contributed by atoms with van der Waals surface area (Å²) in [5.41, 5.74) is 2.32. The van der Waals surface area contributed by atoms with Crippen LogP contribution in [0.15, 0.2) is 5.16 Å². The lowest BCUT2D eigenvalue weighted by molar-refractivity contribution is -0.119. The molecule has 1 fully saturated rings. The van der Waals surface area contributed by atoms with E-state index >= 15 is 0 Å². The summed E-state index contributed by atoms with van der Waals surface area (Å²) in [7, 11) is 1.64. The van der Waals surface area contributed by atoms with Crippen LogP contribution < -0.4 is 5.32 Å². The van der Waals surface area contributed by atoms with Crippen molar-refractivity contribution in [2.24, 2.45) is 0 Å². The molecule has 130 valence electrons. The average molecular weight is 340 g/mol. The maximum Gasteiger partial charge on any atom is 0.230 e. The van der Waals surface area contributed by atoms with Crippen molar-refractivity contribution >= 4 is 17.7 Å². The maximum atomic E-state index is 12.1. The molecule has 1 aromatic heterocycles. The lowest BCUT2D eigenvalue weighted by atomic mass is 9.95. The molecule has 0 radical (unpaired) electrons. The smallest absolute Gasteiger partial charge is 0.230 e. The number of methoxy groups -OCH3 is 1. The van der Waals surface area contributed by atoms with E-state index in [-0.39, 0.29) is 11.9 Å². The number of carbonyl (C=O) groups is 1. The highest BCUT2D eigenvalue weighted by atomic mass is 32.2. The van der Waals surface area contributed by atoms with E-state index in [1.165, 1.54) is 37.8 Å². The zero-order valence-electron chi connectivity index (χ0n) is 14.7. The Morgan fingerprint density at radius 3 is 2.74 bits per heavy atom. The molecule has 0 bridgehead atoms. The van der Waals surface area contributed by atoms with Crippen LogP contribution in [-0.2, 0) is 9.53 Å². The van der Waals surface area contributed by atoms with Gasteiger partial charge in [-0.15, -0.1) is 0 Å². The lowest BCUT2D eigenvalue weighted by Crippen LogP contribution is -2.36. The molecule has 1 aliphatic rings. The number of aryl methyl sites for hydroxylation is 1. The van der Waals surface area contributed by atoms with Crippen molar-refractivity contribution < 1.29 is 9.53 Å². The average Bonchev–Trinajstić information content (AvgIpc) is 2.81. The van der Waals surface area contributed by atoms with Gasteiger partial charge in [0.15, 0.2) is 5.16 Å². The van der Waals surface area contributed by atoms with Gasteiger partial charge < -0.3 is 14.6 Å². The Balaban J connectivity index is 1.99. The van der Waals surface area contributed by atoms with E-state index in [1.54, 1.807) is 18.9 Å². The van der Waals surface area contributed by atoms with Gasteiger partial charge in [0.2, 0.25) is 5.91 Å². The number of amides is 1. The van der Waals surface area contributed by atoms with Crippen LogP contribution >= 0.6 is 11.8 Å². The van der Waals surface area contributed by atoms with Crippen molar-refractivity contribution in [3.8, 4) is 0 Å². The summed E-state index contributed by atoms with van der Waals surface area (Å²) < 4.78 is 7.41. The lowest BCUT2D eigenvalue weighted by Gasteiger charge is -2.26. The van der Waals surface area contributed by atoms with Crippen molar-refractivity contribution in [3.05, 3.63) is 11.4 Å². The van der Waals surface area contributed by atoms with Crippen LogP contribution in [0, 0.1) is 13.8 Å². The Labute approximate surface area is 143 Å². The summed E-state index contributed by atoms with van der Waals surface area (Å²) in [6.07, 6.45) is 6.37. The van der Waals surface area contributed by atoms with Crippen molar-refractivity contribution in [2.45, 2.75) is 70.1 Å². The monoisotopic (exact) mass is 339 g/mol. The standard InChI is InChI=1S/C17H29N3O2S/c1-12(10-22-4)18-16(21)11-23-17-19-13(2)14(3)20(17)15-8-6-5-7-9-15/h12,15H,5-11H2,1-4H3,(H,18,21). The molecular weight excluding hydrogens is 310 g/mol. The highest BCUT2D eigenvalue weighted by Gasteiger charge is 2.22. The van der Waals surface area contributed by atoms with Crippen LogP contribution in [0.3, 0.4) is 0 Å². The van der Waals surface area contributed by atoms with Gasteiger partial charge in [0, 0.05) is 24.9 Å². The van der Waals surface area contributed by atoms with Crippen molar-refractivity contribution in [1.82, 2.24) is 14.9 Å². The van der Waals surface area contributed by atoms with Crippen LogP contribution in [-0.4, -0.2) is 41.0 Å². The molecule has 23 heavy (non-hydrogen) atoms. The number of rotatable bonds is 7. The number of hydrogen-bond acceptors (Lipinski definition) is 4. The largest absolute Gasteiger partial charge is 0.383 e. The Morgan fingerprint density at radius 2 is 2.09 bits per heavy atom. The van der Waals surface area contributed by atoms with Gasteiger partial charge in [-0.25, -0.2) is 4.98 Å². The van der Waals surface area contributed by atoms with E-state index in [0.717, 1.165) is 10.9 Å². The highest BCUT2D eigenvalue weighted by molar-refractivity contribution is 7.99. The molecule has 5 nitrogen and oxygen atoms in total. The van der Waals surface area contributed by atoms with Gasteiger partial charge in [0.25, 0.3) is 0 Å². The second kappa shape index (κ2) is 8.73. The van der Waals surface area contributed by atoms with E-state index in [2.05, 4.69) is 23.7 Å². The Morgan fingerprint density at radius 1 is 1.39 bits per heavy atom. The molecule has 1 saturated carbocycles. The minimum absolute atomic E-state index is 0.0352. The Kier molecular flexibility index (Phi) is 6.96. The Bertz CT molecular complexity index is 524. The molecule has 1 N–H and O–H groups in total. The molecule has 2 rings (SSSR count).